The zero-order chi connectivity index (χ0) is 12.1. The summed E-state index contributed by atoms with van der Waals surface area (Å²) in [5, 5.41) is 12.0. The average molecular weight is 311 g/mol. The Balaban J connectivity index is 1.81. The molecule has 0 saturated heterocycles. The molecule has 1 atom stereocenters. The van der Waals surface area contributed by atoms with Gasteiger partial charge in [0, 0.05) is 5.56 Å². The van der Waals surface area contributed by atoms with E-state index in [9.17, 15) is 5.11 Å². The molecule has 1 nitrogen and oxygen atoms in total. The highest BCUT2D eigenvalue weighted by molar-refractivity contribution is 9.11. The molecule has 1 heterocycles. The van der Waals surface area contributed by atoms with E-state index in [-0.39, 0.29) is 6.10 Å². The van der Waals surface area contributed by atoms with Crippen molar-refractivity contribution < 1.29 is 5.11 Å². The summed E-state index contributed by atoms with van der Waals surface area (Å²) < 4.78 is 1.05. The van der Waals surface area contributed by atoms with Crippen LogP contribution in [0.1, 0.15) is 30.1 Å². The molecule has 2 rings (SSSR count). The summed E-state index contributed by atoms with van der Waals surface area (Å²) in [6.45, 7) is 0. The van der Waals surface area contributed by atoms with Crippen molar-refractivity contribution in [2.45, 2.75) is 25.4 Å². The predicted octanol–water partition coefficient (Wildman–Crippen LogP) is 4.57. The number of thiophene rings is 1. The van der Waals surface area contributed by atoms with Crippen molar-refractivity contribution in [3.05, 3.63) is 56.7 Å². The molecule has 3 heteroatoms. The van der Waals surface area contributed by atoms with E-state index in [2.05, 4.69) is 40.2 Å². The molecule has 0 radical (unpaired) electrons. The van der Waals surface area contributed by atoms with Crippen molar-refractivity contribution >= 4 is 27.3 Å². The summed E-state index contributed by atoms with van der Waals surface area (Å²) in [7, 11) is 0. The molecule has 1 aromatic heterocycles. The van der Waals surface area contributed by atoms with Gasteiger partial charge in [-0.05, 0) is 52.2 Å². The molecule has 0 spiro atoms. The number of rotatable bonds is 5. The third kappa shape index (κ3) is 3.66. The molecule has 2 aromatic rings. The second kappa shape index (κ2) is 6.34. The molecule has 1 aromatic carbocycles. The third-order valence-electron chi connectivity index (χ3n) is 2.79. The maximum absolute atomic E-state index is 10.0. The van der Waals surface area contributed by atoms with Crippen LogP contribution in [0, 0.1) is 0 Å². The highest BCUT2D eigenvalue weighted by atomic mass is 79.9. The Kier molecular flexibility index (Phi) is 4.77. The smallest absolute Gasteiger partial charge is 0.0809 e. The van der Waals surface area contributed by atoms with E-state index in [1.807, 2.05) is 17.5 Å². The molecular weight excluding hydrogens is 296 g/mol. The second-order valence-corrected chi connectivity index (χ2v) is 6.28. The summed E-state index contributed by atoms with van der Waals surface area (Å²) >= 11 is 5.08. The van der Waals surface area contributed by atoms with Crippen LogP contribution in [-0.4, -0.2) is 5.11 Å². The van der Waals surface area contributed by atoms with E-state index < -0.39 is 0 Å². The van der Waals surface area contributed by atoms with Gasteiger partial charge in [0.15, 0.2) is 0 Å². The molecule has 0 aliphatic rings. The first-order chi connectivity index (χ1) is 8.27. The van der Waals surface area contributed by atoms with Crippen LogP contribution in [0.25, 0.3) is 0 Å². The Morgan fingerprint density at radius 2 is 1.94 bits per heavy atom. The fraction of sp³-hybridized carbons (Fsp3) is 0.286. The standard InChI is InChI=1S/C14H15BrOS/c15-14-12(9-10-17-14)13(16)8-4-7-11-5-2-1-3-6-11/h1-3,5-6,9-10,13,16H,4,7-8H2. The Bertz CT molecular complexity index is 452. The Labute approximate surface area is 114 Å². The van der Waals surface area contributed by atoms with Crippen molar-refractivity contribution in [2.24, 2.45) is 0 Å². The monoisotopic (exact) mass is 310 g/mol. The summed E-state index contributed by atoms with van der Waals surface area (Å²) in [6.07, 6.45) is 2.50. The van der Waals surface area contributed by atoms with Gasteiger partial charge in [-0.1, -0.05) is 30.3 Å². The highest BCUT2D eigenvalue weighted by Crippen LogP contribution is 2.31. The first-order valence-corrected chi connectivity index (χ1v) is 7.39. The number of aliphatic hydroxyl groups excluding tert-OH is 1. The van der Waals surface area contributed by atoms with Crippen LogP contribution < -0.4 is 0 Å². The SMILES string of the molecule is OC(CCCc1ccccc1)c1ccsc1Br. The number of halogens is 1. The molecule has 0 fully saturated rings. The molecule has 0 bridgehead atoms. The van der Waals surface area contributed by atoms with Crippen LogP contribution in [0.4, 0.5) is 0 Å². The summed E-state index contributed by atoms with van der Waals surface area (Å²) in [4.78, 5) is 0. The van der Waals surface area contributed by atoms with Crippen molar-refractivity contribution in [2.75, 3.05) is 0 Å². The van der Waals surface area contributed by atoms with Gasteiger partial charge in [0.05, 0.1) is 9.89 Å². The largest absolute Gasteiger partial charge is 0.388 e. The Morgan fingerprint density at radius 1 is 1.18 bits per heavy atom. The normalized spacial score (nSPS) is 12.6. The van der Waals surface area contributed by atoms with E-state index in [0.29, 0.717) is 0 Å². The van der Waals surface area contributed by atoms with Crippen LogP contribution in [0.3, 0.4) is 0 Å². The maximum atomic E-state index is 10.0. The third-order valence-corrected chi connectivity index (χ3v) is 4.52. The number of benzene rings is 1. The zero-order valence-corrected chi connectivity index (χ0v) is 11.9. The molecule has 0 aliphatic carbocycles. The van der Waals surface area contributed by atoms with Crippen molar-refractivity contribution in [1.29, 1.82) is 0 Å². The lowest BCUT2D eigenvalue weighted by molar-refractivity contribution is 0.164. The van der Waals surface area contributed by atoms with Crippen LogP contribution in [0.15, 0.2) is 45.6 Å². The summed E-state index contributed by atoms with van der Waals surface area (Å²) in [5.41, 5.74) is 2.35. The molecule has 0 aliphatic heterocycles. The first-order valence-electron chi connectivity index (χ1n) is 5.72. The predicted molar refractivity (Wildman–Crippen MR) is 76.4 cm³/mol. The number of aryl methyl sites for hydroxylation is 1. The minimum absolute atomic E-state index is 0.348. The van der Waals surface area contributed by atoms with Gasteiger partial charge in [0.2, 0.25) is 0 Å². The van der Waals surface area contributed by atoms with E-state index in [1.54, 1.807) is 11.3 Å². The van der Waals surface area contributed by atoms with Crippen molar-refractivity contribution in [3.63, 3.8) is 0 Å². The van der Waals surface area contributed by atoms with Crippen LogP contribution in [0.2, 0.25) is 0 Å². The molecule has 1 unspecified atom stereocenters. The van der Waals surface area contributed by atoms with Crippen LogP contribution in [0.5, 0.6) is 0 Å². The van der Waals surface area contributed by atoms with Gasteiger partial charge < -0.3 is 5.11 Å². The Morgan fingerprint density at radius 3 is 2.59 bits per heavy atom. The highest BCUT2D eigenvalue weighted by Gasteiger charge is 2.11. The first kappa shape index (κ1) is 12.8. The molecule has 90 valence electrons. The second-order valence-electron chi connectivity index (χ2n) is 4.04. The summed E-state index contributed by atoms with van der Waals surface area (Å²) in [5.74, 6) is 0. The fourth-order valence-corrected chi connectivity index (χ4v) is 3.24. The average Bonchev–Trinajstić information content (AvgIpc) is 2.77. The van der Waals surface area contributed by atoms with E-state index >= 15 is 0 Å². The van der Waals surface area contributed by atoms with Crippen LogP contribution in [-0.2, 0) is 6.42 Å². The van der Waals surface area contributed by atoms with Gasteiger partial charge in [-0.2, -0.15) is 0 Å². The van der Waals surface area contributed by atoms with Gasteiger partial charge in [0.25, 0.3) is 0 Å². The number of aliphatic hydroxyl groups is 1. The topological polar surface area (TPSA) is 20.2 Å². The minimum atomic E-state index is -0.348. The zero-order valence-electron chi connectivity index (χ0n) is 9.47. The van der Waals surface area contributed by atoms with Crippen LogP contribution >= 0.6 is 27.3 Å². The number of hydrogen-bond donors (Lipinski definition) is 1. The van der Waals surface area contributed by atoms with Gasteiger partial charge in [0.1, 0.15) is 0 Å². The maximum Gasteiger partial charge on any atom is 0.0809 e. The minimum Gasteiger partial charge on any atom is -0.388 e. The fourth-order valence-electron chi connectivity index (χ4n) is 1.84. The van der Waals surface area contributed by atoms with Crippen molar-refractivity contribution in [3.8, 4) is 0 Å². The lowest BCUT2D eigenvalue weighted by atomic mass is 10.0. The van der Waals surface area contributed by atoms with Crippen molar-refractivity contribution in [1.82, 2.24) is 0 Å². The molecule has 0 amide bonds. The van der Waals surface area contributed by atoms with Gasteiger partial charge in [-0.15, -0.1) is 11.3 Å². The van der Waals surface area contributed by atoms with Gasteiger partial charge in [-0.25, -0.2) is 0 Å². The molecule has 0 saturated carbocycles. The molecule has 1 N–H and O–H groups in total. The van der Waals surface area contributed by atoms with Gasteiger partial charge >= 0.3 is 0 Å². The van der Waals surface area contributed by atoms with E-state index in [0.717, 1.165) is 28.6 Å². The Hall–Kier alpha value is -0.640. The number of hydrogen-bond acceptors (Lipinski definition) is 2. The lowest BCUT2D eigenvalue weighted by Gasteiger charge is -2.09. The lowest BCUT2D eigenvalue weighted by Crippen LogP contribution is -1.97. The van der Waals surface area contributed by atoms with E-state index in [1.165, 1.54) is 5.56 Å². The molecule has 17 heavy (non-hydrogen) atoms. The van der Waals surface area contributed by atoms with Gasteiger partial charge in [-0.3, -0.25) is 0 Å². The molecular formula is C14H15BrOS. The quantitative estimate of drug-likeness (QED) is 0.858. The summed E-state index contributed by atoms with van der Waals surface area (Å²) in [6, 6.07) is 12.4. The van der Waals surface area contributed by atoms with E-state index in [4.69, 9.17) is 0 Å².